The predicted octanol–water partition coefficient (Wildman–Crippen LogP) is 0.0398. The van der Waals surface area contributed by atoms with E-state index in [1.165, 1.54) is 0 Å². The maximum atomic E-state index is 13.4. The number of aliphatic carboxylic acids is 1. The Hall–Kier alpha value is -3.44. The molecule has 1 fully saturated rings. The van der Waals surface area contributed by atoms with Crippen LogP contribution in [0.3, 0.4) is 0 Å². The quantitative estimate of drug-likeness (QED) is 0.215. The van der Waals surface area contributed by atoms with Crippen molar-refractivity contribution in [3.8, 4) is 0 Å². The lowest BCUT2D eigenvalue weighted by Crippen LogP contribution is -2.58. The van der Waals surface area contributed by atoms with E-state index in [0.717, 1.165) is 29.4 Å². The first-order valence-corrected chi connectivity index (χ1v) is 12.2. The van der Waals surface area contributed by atoms with Gasteiger partial charge in [0.15, 0.2) is 0 Å². The van der Waals surface area contributed by atoms with Crippen molar-refractivity contribution < 1.29 is 29.4 Å². The number of hydrogen-bond acceptors (Lipinski definition) is 6. The first-order valence-electron chi connectivity index (χ1n) is 12.2. The van der Waals surface area contributed by atoms with Gasteiger partial charge in [0.2, 0.25) is 17.7 Å². The molecule has 4 unspecified atom stereocenters. The second-order valence-corrected chi connectivity index (χ2v) is 9.55. The monoisotopic (exact) mass is 501 g/mol. The van der Waals surface area contributed by atoms with Gasteiger partial charge in [0.1, 0.15) is 18.1 Å². The van der Waals surface area contributed by atoms with Gasteiger partial charge in [-0.25, -0.2) is 4.79 Å². The number of carboxylic acids is 1. The van der Waals surface area contributed by atoms with Gasteiger partial charge in [0, 0.05) is 23.5 Å². The molecule has 3 amide bonds. The van der Waals surface area contributed by atoms with E-state index >= 15 is 0 Å². The number of hydrogen-bond donors (Lipinski definition) is 7. The Morgan fingerprint density at radius 1 is 1.03 bits per heavy atom. The number of carboxylic acid groups (broad SMARTS) is 1. The molecule has 0 spiro atoms. The number of para-hydroxylation sites is 1. The minimum absolute atomic E-state index is 0.00259. The molecule has 11 nitrogen and oxygen atoms in total. The number of aromatic nitrogens is 1. The molecule has 0 saturated carbocycles. The third-order valence-corrected chi connectivity index (χ3v) is 6.25. The van der Waals surface area contributed by atoms with Crippen LogP contribution in [0.5, 0.6) is 0 Å². The van der Waals surface area contributed by atoms with Crippen LogP contribution in [-0.2, 0) is 25.6 Å². The molecule has 36 heavy (non-hydrogen) atoms. The minimum atomic E-state index is -1.49. The first-order chi connectivity index (χ1) is 17.2. The van der Waals surface area contributed by atoms with E-state index in [2.05, 4.69) is 26.3 Å². The molecular weight excluding hydrogens is 466 g/mol. The van der Waals surface area contributed by atoms with Gasteiger partial charge >= 0.3 is 5.97 Å². The van der Waals surface area contributed by atoms with Crippen LogP contribution in [-0.4, -0.2) is 76.2 Å². The summed E-state index contributed by atoms with van der Waals surface area (Å²) in [6, 6.07) is 3.74. The highest BCUT2D eigenvalue weighted by atomic mass is 16.4. The molecule has 1 aliphatic heterocycles. The summed E-state index contributed by atoms with van der Waals surface area (Å²) in [6.07, 6.45) is 3.76. The average Bonchev–Trinajstić information content (AvgIpc) is 3.51. The third kappa shape index (κ3) is 7.05. The van der Waals surface area contributed by atoms with Crippen molar-refractivity contribution in [1.82, 2.24) is 26.3 Å². The molecule has 0 bridgehead atoms. The normalized spacial score (nSPS) is 17.9. The maximum absolute atomic E-state index is 13.4. The number of carbonyl (C=O) groups is 4. The summed E-state index contributed by atoms with van der Waals surface area (Å²) in [7, 11) is 0. The van der Waals surface area contributed by atoms with Crippen LogP contribution in [0.25, 0.3) is 10.9 Å². The fraction of sp³-hybridized carbons (Fsp3) is 0.520. The maximum Gasteiger partial charge on any atom is 0.328 e. The van der Waals surface area contributed by atoms with Gasteiger partial charge in [-0.2, -0.15) is 0 Å². The summed E-state index contributed by atoms with van der Waals surface area (Å²) in [5, 5.41) is 30.3. The lowest BCUT2D eigenvalue weighted by atomic mass is 10.00. The summed E-state index contributed by atoms with van der Waals surface area (Å²) < 4.78 is 0. The summed E-state index contributed by atoms with van der Waals surface area (Å²) in [4.78, 5) is 53.6. The zero-order chi connectivity index (χ0) is 26.2. The standard InChI is InChI=1S/C25H35N5O6/c1-14(2)10-19(23(33)30-21(13-31)25(35)36)28-24(34)20(29-22(32)18-8-5-9-26-18)11-15-12-27-17-7-4-3-6-16(15)17/h3-4,6-7,12,14,18-21,26-27,31H,5,8-11,13H2,1-2H3,(H,28,34)(H,29,32)(H,30,33)(H,35,36). The van der Waals surface area contributed by atoms with Gasteiger partial charge in [-0.05, 0) is 43.4 Å². The van der Waals surface area contributed by atoms with E-state index in [1.807, 2.05) is 38.1 Å². The zero-order valence-corrected chi connectivity index (χ0v) is 20.5. The second kappa shape index (κ2) is 12.5. The van der Waals surface area contributed by atoms with Crippen molar-refractivity contribution in [2.24, 2.45) is 5.92 Å². The zero-order valence-electron chi connectivity index (χ0n) is 20.5. The number of H-pyrrole nitrogens is 1. The Kier molecular flexibility index (Phi) is 9.43. The predicted molar refractivity (Wildman–Crippen MR) is 133 cm³/mol. The van der Waals surface area contributed by atoms with Crippen molar-refractivity contribution in [3.63, 3.8) is 0 Å². The molecule has 1 aromatic carbocycles. The summed E-state index contributed by atoms with van der Waals surface area (Å²) >= 11 is 0. The van der Waals surface area contributed by atoms with Crippen LogP contribution in [0.2, 0.25) is 0 Å². The van der Waals surface area contributed by atoms with Gasteiger partial charge in [0.25, 0.3) is 0 Å². The molecule has 7 N–H and O–H groups in total. The van der Waals surface area contributed by atoms with Gasteiger partial charge in [-0.15, -0.1) is 0 Å². The lowest BCUT2D eigenvalue weighted by Gasteiger charge is -2.26. The van der Waals surface area contributed by atoms with Gasteiger partial charge in [-0.3, -0.25) is 14.4 Å². The van der Waals surface area contributed by atoms with Crippen molar-refractivity contribution >= 4 is 34.6 Å². The van der Waals surface area contributed by atoms with Gasteiger partial charge in [0.05, 0.1) is 12.6 Å². The molecule has 4 atom stereocenters. The Labute approximate surface area is 209 Å². The van der Waals surface area contributed by atoms with E-state index in [-0.39, 0.29) is 30.7 Å². The molecule has 1 saturated heterocycles. The Morgan fingerprint density at radius 2 is 1.72 bits per heavy atom. The SMILES string of the molecule is CC(C)CC(NC(=O)C(Cc1c[nH]c2ccccc12)NC(=O)C1CCCN1)C(=O)NC(CO)C(=O)O. The van der Waals surface area contributed by atoms with E-state index < -0.39 is 42.5 Å². The Morgan fingerprint density at radius 3 is 2.36 bits per heavy atom. The van der Waals surface area contributed by atoms with Crippen molar-refractivity contribution in [1.29, 1.82) is 0 Å². The van der Waals surface area contributed by atoms with Crippen LogP contribution in [0.15, 0.2) is 30.5 Å². The average molecular weight is 502 g/mol. The highest BCUT2D eigenvalue weighted by Crippen LogP contribution is 2.20. The molecule has 1 aromatic heterocycles. The summed E-state index contributed by atoms with van der Waals surface area (Å²) in [5.74, 6) is -2.93. The number of amides is 3. The van der Waals surface area contributed by atoms with Crippen molar-refractivity contribution in [2.75, 3.05) is 13.2 Å². The highest BCUT2D eigenvalue weighted by Gasteiger charge is 2.32. The van der Waals surface area contributed by atoms with E-state index in [0.29, 0.717) is 6.42 Å². The number of benzene rings is 1. The molecule has 0 radical (unpaired) electrons. The van der Waals surface area contributed by atoms with Crippen LogP contribution >= 0.6 is 0 Å². The smallest absolute Gasteiger partial charge is 0.328 e. The molecule has 1 aliphatic rings. The molecule has 11 heteroatoms. The molecule has 2 heterocycles. The minimum Gasteiger partial charge on any atom is -0.480 e. The molecule has 196 valence electrons. The van der Waals surface area contributed by atoms with Gasteiger partial charge < -0.3 is 36.5 Å². The van der Waals surface area contributed by atoms with Crippen LogP contribution < -0.4 is 21.3 Å². The molecule has 2 aromatic rings. The largest absolute Gasteiger partial charge is 0.480 e. The number of fused-ring (bicyclic) bond motifs is 1. The fourth-order valence-corrected chi connectivity index (χ4v) is 4.34. The number of aliphatic hydroxyl groups is 1. The van der Waals surface area contributed by atoms with Crippen molar-refractivity contribution in [3.05, 3.63) is 36.0 Å². The van der Waals surface area contributed by atoms with Crippen LogP contribution in [0, 0.1) is 5.92 Å². The van der Waals surface area contributed by atoms with E-state index in [4.69, 9.17) is 0 Å². The summed E-state index contributed by atoms with van der Waals surface area (Å²) in [6.45, 7) is 3.68. The third-order valence-electron chi connectivity index (χ3n) is 6.25. The Balaban J connectivity index is 1.81. The van der Waals surface area contributed by atoms with Gasteiger partial charge in [-0.1, -0.05) is 32.0 Å². The van der Waals surface area contributed by atoms with E-state index in [1.54, 1.807) is 6.20 Å². The molecule has 0 aliphatic carbocycles. The number of carbonyl (C=O) groups excluding carboxylic acids is 3. The van der Waals surface area contributed by atoms with Crippen molar-refractivity contribution in [2.45, 2.75) is 63.7 Å². The number of aromatic amines is 1. The Bertz CT molecular complexity index is 1080. The highest BCUT2D eigenvalue weighted by molar-refractivity contribution is 5.95. The first kappa shape index (κ1) is 27.2. The fourth-order valence-electron chi connectivity index (χ4n) is 4.34. The van der Waals surface area contributed by atoms with E-state index in [9.17, 15) is 29.4 Å². The summed E-state index contributed by atoms with van der Waals surface area (Å²) in [5.41, 5.74) is 1.73. The second-order valence-electron chi connectivity index (χ2n) is 9.55. The number of rotatable bonds is 12. The topological polar surface area (TPSA) is 173 Å². The number of aliphatic hydroxyl groups excluding tert-OH is 1. The molecule has 3 rings (SSSR count). The molecular formula is C25H35N5O6. The van der Waals surface area contributed by atoms with Crippen LogP contribution in [0.4, 0.5) is 0 Å². The van der Waals surface area contributed by atoms with Crippen LogP contribution in [0.1, 0.15) is 38.7 Å². The number of nitrogens with one attached hydrogen (secondary N) is 5. The lowest BCUT2D eigenvalue weighted by molar-refractivity contribution is -0.143.